The van der Waals surface area contributed by atoms with E-state index in [2.05, 4.69) is 0 Å². The highest BCUT2D eigenvalue weighted by Crippen LogP contribution is 2.19. The first kappa shape index (κ1) is 16.8. The van der Waals surface area contributed by atoms with Crippen LogP contribution in [0.15, 0.2) is 24.3 Å². The zero-order valence-electron chi connectivity index (χ0n) is 11.5. The molecule has 0 bridgehead atoms. The van der Waals surface area contributed by atoms with Gasteiger partial charge < -0.3 is 19.5 Å². The van der Waals surface area contributed by atoms with Gasteiger partial charge in [0.15, 0.2) is 0 Å². The fourth-order valence-electron chi connectivity index (χ4n) is 1.72. The summed E-state index contributed by atoms with van der Waals surface area (Å²) in [5, 5.41) is 9.54. The van der Waals surface area contributed by atoms with E-state index in [4.69, 9.17) is 26.2 Å². The lowest BCUT2D eigenvalue weighted by Crippen LogP contribution is -2.32. The van der Waals surface area contributed by atoms with Gasteiger partial charge in [-0.15, -0.1) is 0 Å². The minimum Gasteiger partial charge on any atom is -0.480 e. The number of aliphatic carboxylic acids is 1. The van der Waals surface area contributed by atoms with Crippen molar-refractivity contribution < 1.29 is 19.4 Å². The van der Waals surface area contributed by atoms with Gasteiger partial charge in [-0.3, -0.25) is 4.79 Å². The molecule has 0 amide bonds. The topological polar surface area (TPSA) is 59.0 Å². The number of rotatable bonds is 10. The van der Waals surface area contributed by atoms with Gasteiger partial charge in [-0.2, -0.15) is 0 Å². The molecule has 1 N–H and O–H groups in total. The second-order valence-electron chi connectivity index (χ2n) is 4.25. The Balaban J connectivity index is 2.46. The molecule has 0 saturated heterocycles. The first-order chi connectivity index (χ1) is 9.63. The molecule has 20 heavy (non-hydrogen) atoms. The van der Waals surface area contributed by atoms with Crippen molar-refractivity contribution in [3.05, 3.63) is 29.3 Å². The largest absolute Gasteiger partial charge is 0.480 e. The number of anilines is 1. The number of nitrogens with zero attached hydrogens (tertiary/aromatic N) is 1. The maximum absolute atomic E-state index is 10.9. The maximum Gasteiger partial charge on any atom is 0.323 e. The molecule has 1 aromatic rings. The normalized spacial score (nSPS) is 10.5. The number of halogens is 1. The third-order valence-corrected chi connectivity index (χ3v) is 2.88. The molecule has 1 aromatic carbocycles. The van der Waals surface area contributed by atoms with E-state index in [0.29, 0.717) is 31.4 Å². The van der Waals surface area contributed by atoms with Gasteiger partial charge in [-0.25, -0.2) is 0 Å². The van der Waals surface area contributed by atoms with Crippen LogP contribution in [0.3, 0.4) is 0 Å². The standard InChI is InChI=1S/C14H20ClNO4/c1-19-7-3-8-20-9-6-16(11-14(17)18)13-5-2-4-12(15)10-13/h2,4-5,10H,3,6-9,11H2,1H3,(H,17,18). The fraction of sp³-hybridized carbons (Fsp3) is 0.500. The fourth-order valence-corrected chi connectivity index (χ4v) is 1.90. The summed E-state index contributed by atoms with van der Waals surface area (Å²) in [6, 6.07) is 7.13. The number of hydrogen-bond acceptors (Lipinski definition) is 4. The molecule has 0 atom stereocenters. The number of carbonyl (C=O) groups is 1. The van der Waals surface area contributed by atoms with Crippen LogP contribution in [-0.4, -0.2) is 51.1 Å². The lowest BCUT2D eigenvalue weighted by atomic mass is 10.3. The van der Waals surface area contributed by atoms with Gasteiger partial charge >= 0.3 is 5.97 Å². The van der Waals surface area contributed by atoms with E-state index < -0.39 is 5.97 Å². The van der Waals surface area contributed by atoms with Gasteiger partial charge in [0, 0.05) is 37.6 Å². The minimum absolute atomic E-state index is 0.0816. The highest BCUT2D eigenvalue weighted by molar-refractivity contribution is 6.30. The molecule has 0 radical (unpaired) electrons. The molecule has 0 saturated carbocycles. The highest BCUT2D eigenvalue weighted by Gasteiger charge is 2.10. The van der Waals surface area contributed by atoms with Crippen molar-refractivity contribution in [3.8, 4) is 0 Å². The number of hydrogen-bond donors (Lipinski definition) is 1. The Morgan fingerprint density at radius 1 is 1.35 bits per heavy atom. The van der Waals surface area contributed by atoms with Gasteiger partial charge in [-0.05, 0) is 24.6 Å². The molecular formula is C14H20ClNO4. The summed E-state index contributed by atoms with van der Waals surface area (Å²) in [5.41, 5.74) is 0.778. The van der Waals surface area contributed by atoms with Gasteiger partial charge in [0.2, 0.25) is 0 Å². The number of ether oxygens (including phenoxy) is 2. The van der Waals surface area contributed by atoms with E-state index >= 15 is 0 Å². The number of methoxy groups -OCH3 is 1. The second-order valence-corrected chi connectivity index (χ2v) is 4.69. The number of benzene rings is 1. The first-order valence-corrected chi connectivity index (χ1v) is 6.80. The molecule has 5 nitrogen and oxygen atoms in total. The molecule has 0 aliphatic rings. The molecule has 0 fully saturated rings. The Labute approximate surface area is 124 Å². The third kappa shape index (κ3) is 6.75. The van der Waals surface area contributed by atoms with Crippen LogP contribution in [-0.2, 0) is 14.3 Å². The molecular weight excluding hydrogens is 282 g/mol. The Morgan fingerprint density at radius 3 is 2.80 bits per heavy atom. The summed E-state index contributed by atoms with van der Waals surface area (Å²) >= 11 is 5.92. The Hall–Kier alpha value is -1.30. The van der Waals surface area contributed by atoms with Gasteiger partial charge in [0.1, 0.15) is 6.54 Å². The van der Waals surface area contributed by atoms with E-state index in [0.717, 1.165) is 12.1 Å². The number of carboxylic acids is 1. The summed E-state index contributed by atoms with van der Waals surface area (Å²) in [6.45, 7) is 2.14. The van der Waals surface area contributed by atoms with Crippen LogP contribution in [0, 0.1) is 0 Å². The molecule has 0 spiro atoms. The lowest BCUT2D eigenvalue weighted by molar-refractivity contribution is -0.135. The predicted octanol–water partition coefficient (Wildman–Crippen LogP) is 2.28. The summed E-state index contributed by atoms with van der Waals surface area (Å²) in [6.07, 6.45) is 0.826. The first-order valence-electron chi connectivity index (χ1n) is 6.42. The van der Waals surface area contributed by atoms with Crippen LogP contribution in [0.2, 0.25) is 5.02 Å². The number of carboxylic acid groups (broad SMARTS) is 1. The van der Waals surface area contributed by atoms with E-state index in [1.165, 1.54) is 0 Å². The Morgan fingerprint density at radius 2 is 2.15 bits per heavy atom. The average Bonchev–Trinajstić information content (AvgIpc) is 2.41. The molecule has 0 aromatic heterocycles. The molecule has 6 heteroatoms. The highest BCUT2D eigenvalue weighted by atomic mass is 35.5. The van der Waals surface area contributed by atoms with E-state index in [-0.39, 0.29) is 6.54 Å². The summed E-state index contributed by atoms with van der Waals surface area (Å²) in [7, 11) is 1.65. The molecule has 0 unspecified atom stereocenters. The zero-order valence-corrected chi connectivity index (χ0v) is 12.3. The van der Waals surface area contributed by atoms with Crippen LogP contribution in [0.4, 0.5) is 5.69 Å². The molecule has 0 heterocycles. The lowest BCUT2D eigenvalue weighted by Gasteiger charge is -2.23. The van der Waals surface area contributed by atoms with Crippen LogP contribution in [0.5, 0.6) is 0 Å². The average molecular weight is 302 g/mol. The van der Waals surface area contributed by atoms with Crippen LogP contribution in [0.25, 0.3) is 0 Å². The predicted molar refractivity (Wildman–Crippen MR) is 78.6 cm³/mol. The van der Waals surface area contributed by atoms with Crippen LogP contribution < -0.4 is 4.90 Å². The van der Waals surface area contributed by atoms with Crippen LogP contribution >= 0.6 is 11.6 Å². The van der Waals surface area contributed by atoms with Crippen molar-refractivity contribution in [1.29, 1.82) is 0 Å². The maximum atomic E-state index is 10.9. The zero-order chi connectivity index (χ0) is 14.8. The summed E-state index contributed by atoms with van der Waals surface area (Å²) in [5.74, 6) is -0.885. The van der Waals surface area contributed by atoms with Crippen molar-refractivity contribution in [2.45, 2.75) is 6.42 Å². The van der Waals surface area contributed by atoms with Gasteiger partial charge in [-0.1, -0.05) is 17.7 Å². The SMILES string of the molecule is COCCCOCCN(CC(=O)O)c1cccc(Cl)c1. The summed E-state index contributed by atoms with van der Waals surface area (Å²) < 4.78 is 10.4. The third-order valence-electron chi connectivity index (χ3n) is 2.64. The minimum atomic E-state index is -0.885. The Bertz CT molecular complexity index is 414. The quantitative estimate of drug-likeness (QED) is 0.672. The Kier molecular flexibility index (Phi) is 8.02. The van der Waals surface area contributed by atoms with E-state index in [9.17, 15) is 4.79 Å². The van der Waals surface area contributed by atoms with Crippen LogP contribution in [0.1, 0.15) is 6.42 Å². The van der Waals surface area contributed by atoms with Crippen molar-refractivity contribution in [2.24, 2.45) is 0 Å². The molecule has 0 aliphatic heterocycles. The van der Waals surface area contributed by atoms with Crippen molar-refractivity contribution in [1.82, 2.24) is 0 Å². The molecule has 0 aliphatic carbocycles. The molecule has 1 rings (SSSR count). The van der Waals surface area contributed by atoms with Crippen molar-refractivity contribution >= 4 is 23.3 Å². The summed E-state index contributed by atoms with van der Waals surface area (Å²) in [4.78, 5) is 12.6. The van der Waals surface area contributed by atoms with Gasteiger partial charge in [0.05, 0.1) is 6.61 Å². The molecule has 112 valence electrons. The van der Waals surface area contributed by atoms with Crippen molar-refractivity contribution in [3.63, 3.8) is 0 Å². The van der Waals surface area contributed by atoms with E-state index in [1.807, 2.05) is 6.07 Å². The monoisotopic (exact) mass is 301 g/mol. The van der Waals surface area contributed by atoms with Crippen molar-refractivity contribution in [2.75, 3.05) is 44.9 Å². The van der Waals surface area contributed by atoms with Gasteiger partial charge in [0.25, 0.3) is 0 Å². The van der Waals surface area contributed by atoms with E-state index in [1.54, 1.807) is 30.2 Å². The smallest absolute Gasteiger partial charge is 0.323 e. The second kappa shape index (κ2) is 9.58.